The molecule has 1 N–H and O–H groups in total. The number of aromatic nitrogens is 3. The van der Waals surface area contributed by atoms with Crippen LogP contribution in [0.5, 0.6) is 0 Å². The van der Waals surface area contributed by atoms with Crippen LogP contribution in [-0.4, -0.2) is 25.9 Å². The van der Waals surface area contributed by atoms with Crippen LogP contribution in [0.3, 0.4) is 0 Å². The third kappa shape index (κ3) is 5.19. The summed E-state index contributed by atoms with van der Waals surface area (Å²) in [4.78, 5) is 36.0. The van der Waals surface area contributed by atoms with Gasteiger partial charge in [0.1, 0.15) is 11.2 Å². The van der Waals surface area contributed by atoms with Gasteiger partial charge in [-0.25, -0.2) is 9.78 Å². The molecule has 1 aromatic carbocycles. The van der Waals surface area contributed by atoms with Crippen molar-refractivity contribution >= 4 is 17.3 Å². The molecule has 38 heavy (non-hydrogen) atoms. The van der Waals surface area contributed by atoms with Crippen molar-refractivity contribution in [3.05, 3.63) is 93.2 Å². The van der Waals surface area contributed by atoms with Crippen molar-refractivity contribution in [3.63, 3.8) is 0 Å². The molecule has 1 fully saturated rings. The van der Waals surface area contributed by atoms with E-state index in [0.717, 1.165) is 22.4 Å². The summed E-state index contributed by atoms with van der Waals surface area (Å²) in [6.45, 7) is 11.3. The van der Waals surface area contributed by atoms with E-state index < -0.39 is 11.6 Å². The van der Waals surface area contributed by atoms with Gasteiger partial charge in [-0.15, -0.1) is 0 Å². The van der Waals surface area contributed by atoms with Gasteiger partial charge in [-0.1, -0.05) is 12.1 Å². The summed E-state index contributed by atoms with van der Waals surface area (Å²) in [5.74, 6) is 0.168. The molecule has 0 spiro atoms. The number of esters is 1. The minimum Gasteiger partial charge on any atom is -0.456 e. The Morgan fingerprint density at radius 2 is 1.87 bits per heavy atom. The highest BCUT2D eigenvalue weighted by atomic mass is 16.6. The largest absolute Gasteiger partial charge is 0.456 e. The first-order valence-corrected chi connectivity index (χ1v) is 13.1. The van der Waals surface area contributed by atoms with Gasteiger partial charge in [0.25, 0.3) is 5.56 Å². The molecule has 3 aromatic heterocycles. The third-order valence-corrected chi connectivity index (χ3v) is 6.75. The molecule has 1 saturated carbocycles. The van der Waals surface area contributed by atoms with Crippen molar-refractivity contribution in [1.82, 2.24) is 14.4 Å². The molecule has 7 nitrogen and oxygen atoms in total. The molecule has 1 atom stereocenters. The zero-order valence-electron chi connectivity index (χ0n) is 22.8. The van der Waals surface area contributed by atoms with Gasteiger partial charge in [0.15, 0.2) is 0 Å². The van der Waals surface area contributed by atoms with Gasteiger partial charge < -0.3 is 10.1 Å². The molecule has 3 heterocycles. The quantitative estimate of drug-likeness (QED) is 0.303. The molecule has 0 amide bonds. The second kappa shape index (κ2) is 9.71. The van der Waals surface area contributed by atoms with Gasteiger partial charge in [-0.3, -0.25) is 14.2 Å². The normalized spacial score (nSPS) is 14.4. The van der Waals surface area contributed by atoms with E-state index in [2.05, 4.69) is 10.3 Å². The van der Waals surface area contributed by atoms with Crippen LogP contribution in [-0.2, 0) is 4.74 Å². The van der Waals surface area contributed by atoms with Crippen molar-refractivity contribution in [3.8, 4) is 11.3 Å². The zero-order valence-corrected chi connectivity index (χ0v) is 22.8. The van der Waals surface area contributed by atoms with Crippen LogP contribution in [0.15, 0.2) is 59.7 Å². The van der Waals surface area contributed by atoms with E-state index in [1.807, 2.05) is 90.3 Å². The fourth-order valence-corrected chi connectivity index (χ4v) is 4.69. The SMILES string of the molecule is Cc1cc([C@H](C)Nc2ccccc2C(=O)OC(C)(C)C)c2nc(-c3ccc(C4CC4)nc3)c(C)c(=O)n2c1. The second-order valence-electron chi connectivity index (χ2n) is 11.2. The molecule has 1 aliphatic carbocycles. The summed E-state index contributed by atoms with van der Waals surface area (Å²) >= 11 is 0. The number of pyridine rings is 2. The minimum atomic E-state index is -0.604. The number of hydrogen-bond acceptors (Lipinski definition) is 6. The smallest absolute Gasteiger partial charge is 0.340 e. The summed E-state index contributed by atoms with van der Waals surface area (Å²) in [7, 11) is 0. The van der Waals surface area contributed by atoms with Crippen LogP contribution in [0.1, 0.15) is 85.2 Å². The number of fused-ring (bicyclic) bond motifs is 1. The van der Waals surface area contributed by atoms with E-state index in [9.17, 15) is 9.59 Å². The van der Waals surface area contributed by atoms with Crippen LogP contribution in [0.25, 0.3) is 16.9 Å². The Balaban J connectivity index is 1.56. The van der Waals surface area contributed by atoms with Crippen LogP contribution in [0, 0.1) is 13.8 Å². The van der Waals surface area contributed by atoms with E-state index in [0.29, 0.717) is 34.1 Å². The Morgan fingerprint density at radius 1 is 1.13 bits per heavy atom. The zero-order chi connectivity index (χ0) is 27.2. The molecular formula is C31H34N4O3. The number of nitrogens with one attached hydrogen (secondary N) is 1. The molecule has 5 rings (SSSR count). The third-order valence-electron chi connectivity index (χ3n) is 6.75. The van der Waals surface area contributed by atoms with Gasteiger partial charge in [0.2, 0.25) is 0 Å². The lowest BCUT2D eigenvalue weighted by Gasteiger charge is -2.23. The standard InChI is InChI=1S/C31H34N4O3/c1-18-15-24(20(3)33-26-10-8-7-9-23(26)30(37)38-31(4,5)6)28-34-27(19(2)29(36)35(28)17-18)22-13-14-25(32-16-22)21-11-12-21/h7-10,13-17,20-21,33H,11-12H2,1-6H3/t20-/m0/s1. The van der Waals surface area contributed by atoms with E-state index >= 15 is 0 Å². The summed E-state index contributed by atoms with van der Waals surface area (Å²) < 4.78 is 7.24. The van der Waals surface area contributed by atoms with Crippen molar-refractivity contribution in [2.24, 2.45) is 0 Å². The number of nitrogens with zero attached hydrogens (tertiary/aromatic N) is 3. The highest BCUT2D eigenvalue weighted by molar-refractivity contribution is 5.96. The number of ether oxygens (including phenoxy) is 1. The molecule has 0 saturated heterocycles. The number of benzene rings is 1. The average Bonchev–Trinajstić information content (AvgIpc) is 3.71. The highest BCUT2D eigenvalue weighted by Crippen LogP contribution is 2.39. The van der Waals surface area contributed by atoms with Gasteiger partial charge in [0, 0.05) is 46.4 Å². The average molecular weight is 511 g/mol. The number of aryl methyl sites for hydroxylation is 1. The Morgan fingerprint density at radius 3 is 2.53 bits per heavy atom. The molecule has 0 radical (unpaired) electrons. The first-order chi connectivity index (χ1) is 18.0. The number of carbonyl (C=O) groups excluding carboxylic acids is 1. The van der Waals surface area contributed by atoms with Crippen LogP contribution < -0.4 is 10.9 Å². The number of hydrogen-bond donors (Lipinski definition) is 1. The lowest BCUT2D eigenvalue weighted by atomic mass is 10.0. The number of para-hydroxylation sites is 1. The molecule has 0 aliphatic heterocycles. The number of carbonyl (C=O) groups is 1. The molecule has 7 heteroatoms. The molecule has 1 aliphatic rings. The van der Waals surface area contributed by atoms with Crippen LogP contribution in [0.2, 0.25) is 0 Å². The lowest BCUT2D eigenvalue weighted by molar-refractivity contribution is 0.00706. The van der Waals surface area contributed by atoms with Crippen molar-refractivity contribution < 1.29 is 9.53 Å². The maximum absolute atomic E-state index is 13.5. The monoisotopic (exact) mass is 510 g/mol. The number of anilines is 1. The molecule has 0 unspecified atom stereocenters. The van der Waals surface area contributed by atoms with Crippen LogP contribution in [0.4, 0.5) is 5.69 Å². The van der Waals surface area contributed by atoms with E-state index in [4.69, 9.17) is 9.72 Å². The fraction of sp³-hybridized carbons (Fsp3) is 0.355. The summed E-state index contributed by atoms with van der Waals surface area (Å²) in [5.41, 5.74) is 5.90. The molecular weight excluding hydrogens is 476 g/mol. The number of rotatable bonds is 6. The second-order valence-corrected chi connectivity index (χ2v) is 11.2. The van der Waals surface area contributed by atoms with Gasteiger partial charge >= 0.3 is 5.97 Å². The maximum atomic E-state index is 13.5. The summed E-state index contributed by atoms with van der Waals surface area (Å²) in [6, 6.07) is 13.1. The maximum Gasteiger partial charge on any atom is 0.340 e. The fourth-order valence-electron chi connectivity index (χ4n) is 4.69. The predicted molar refractivity (Wildman–Crippen MR) is 150 cm³/mol. The van der Waals surface area contributed by atoms with Gasteiger partial charge in [-0.05, 0) is 90.3 Å². The first-order valence-electron chi connectivity index (χ1n) is 13.1. The summed E-state index contributed by atoms with van der Waals surface area (Å²) in [6.07, 6.45) is 6.02. The lowest BCUT2D eigenvalue weighted by Crippen LogP contribution is -2.25. The Bertz CT molecular complexity index is 1580. The van der Waals surface area contributed by atoms with Crippen molar-refractivity contribution in [1.29, 1.82) is 0 Å². The molecule has 196 valence electrons. The van der Waals surface area contributed by atoms with E-state index in [1.165, 1.54) is 12.8 Å². The Hall–Kier alpha value is -4.00. The first kappa shape index (κ1) is 25.6. The van der Waals surface area contributed by atoms with Crippen molar-refractivity contribution in [2.45, 2.75) is 71.9 Å². The topological polar surface area (TPSA) is 85.6 Å². The molecule has 0 bridgehead atoms. The van der Waals surface area contributed by atoms with E-state index in [1.54, 1.807) is 10.5 Å². The van der Waals surface area contributed by atoms with Gasteiger partial charge in [0.05, 0.1) is 17.3 Å². The Kier molecular flexibility index (Phi) is 6.55. The molecule has 4 aromatic rings. The summed E-state index contributed by atoms with van der Waals surface area (Å²) in [5, 5.41) is 3.46. The van der Waals surface area contributed by atoms with Crippen molar-refractivity contribution in [2.75, 3.05) is 5.32 Å². The predicted octanol–water partition coefficient (Wildman–Crippen LogP) is 6.38. The minimum absolute atomic E-state index is 0.109. The van der Waals surface area contributed by atoms with E-state index in [-0.39, 0.29) is 11.6 Å². The van der Waals surface area contributed by atoms with Crippen LogP contribution >= 0.6 is 0 Å². The van der Waals surface area contributed by atoms with Gasteiger partial charge in [-0.2, -0.15) is 0 Å². The Labute approximate surface area is 222 Å². The highest BCUT2D eigenvalue weighted by Gasteiger charge is 2.25.